The fourth-order valence-electron chi connectivity index (χ4n) is 1.14. The molecule has 0 aromatic carbocycles. The molecule has 0 fully saturated rings. The Kier molecular flexibility index (Phi) is 3.44. The Bertz CT molecular complexity index is 289. The summed E-state index contributed by atoms with van der Waals surface area (Å²) in [6.07, 6.45) is 4.56. The molecule has 0 aliphatic heterocycles. The normalized spacial score (nSPS) is 11.4. The van der Waals surface area contributed by atoms with Crippen molar-refractivity contribution in [2.45, 2.75) is 34.1 Å². The summed E-state index contributed by atoms with van der Waals surface area (Å²) in [5, 5.41) is 3.30. The van der Waals surface area contributed by atoms with Crippen LogP contribution in [0.1, 0.15) is 32.9 Å². The molecular weight excluding hydrogens is 174 g/mol. The number of rotatable bonds is 3. The number of hydrogen-bond acceptors (Lipinski definition) is 3. The van der Waals surface area contributed by atoms with Gasteiger partial charge in [0.2, 0.25) is 0 Å². The topological polar surface area (TPSA) is 37.8 Å². The van der Waals surface area contributed by atoms with E-state index in [1.807, 2.05) is 6.92 Å². The maximum absolute atomic E-state index is 4.22. The van der Waals surface area contributed by atoms with Crippen LogP contribution in [0.2, 0.25) is 0 Å². The zero-order valence-electron chi connectivity index (χ0n) is 9.46. The molecule has 1 N–H and O–H groups in total. The van der Waals surface area contributed by atoms with Crippen molar-refractivity contribution in [3.05, 3.63) is 18.1 Å². The molecule has 0 bridgehead atoms. The summed E-state index contributed by atoms with van der Waals surface area (Å²) in [6, 6.07) is 0. The van der Waals surface area contributed by atoms with Crippen LogP contribution < -0.4 is 5.32 Å². The molecule has 0 amide bonds. The first-order chi connectivity index (χ1) is 6.49. The largest absolute Gasteiger partial charge is 0.369 e. The number of aryl methyl sites for hydroxylation is 1. The van der Waals surface area contributed by atoms with Crippen LogP contribution >= 0.6 is 0 Å². The van der Waals surface area contributed by atoms with E-state index in [0.717, 1.165) is 24.5 Å². The van der Waals surface area contributed by atoms with Crippen molar-refractivity contribution in [1.29, 1.82) is 0 Å². The number of nitrogens with zero attached hydrogens (tertiary/aromatic N) is 2. The van der Waals surface area contributed by atoms with E-state index < -0.39 is 0 Å². The van der Waals surface area contributed by atoms with E-state index in [4.69, 9.17) is 0 Å². The maximum Gasteiger partial charge on any atom is 0.147 e. The van der Waals surface area contributed by atoms with Gasteiger partial charge < -0.3 is 5.32 Å². The SMILES string of the molecule is Cc1nccnc1NCCC(C)(C)C. The van der Waals surface area contributed by atoms with Gasteiger partial charge in [-0.1, -0.05) is 20.8 Å². The molecule has 1 aromatic heterocycles. The van der Waals surface area contributed by atoms with Crippen LogP contribution in [0.15, 0.2) is 12.4 Å². The molecule has 14 heavy (non-hydrogen) atoms. The third-order valence-electron chi connectivity index (χ3n) is 2.05. The zero-order valence-corrected chi connectivity index (χ0v) is 9.46. The van der Waals surface area contributed by atoms with Crippen molar-refractivity contribution in [3.8, 4) is 0 Å². The molecule has 0 saturated heterocycles. The van der Waals surface area contributed by atoms with Crippen LogP contribution in [0.3, 0.4) is 0 Å². The average Bonchev–Trinajstić information content (AvgIpc) is 2.06. The van der Waals surface area contributed by atoms with Crippen LogP contribution in [-0.4, -0.2) is 16.5 Å². The summed E-state index contributed by atoms with van der Waals surface area (Å²) in [5.41, 5.74) is 1.32. The van der Waals surface area contributed by atoms with Crippen molar-refractivity contribution >= 4 is 5.82 Å². The van der Waals surface area contributed by atoms with Crippen LogP contribution in [0.25, 0.3) is 0 Å². The van der Waals surface area contributed by atoms with Crippen molar-refractivity contribution in [2.75, 3.05) is 11.9 Å². The van der Waals surface area contributed by atoms with E-state index in [-0.39, 0.29) is 0 Å². The molecule has 0 unspecified atom stereocenters. The average molecular weight is 193 g/mol. The Labute approximate surface area is 86.0 Å². The number of nitrogens with one attached hydrogen (secondary N) is 1. The molecule has 1 heterocycles. The standard InChI is InChI=1S/C11H19N3/c1-9-10(14-8-7-12-9)13-6-5-11(2,3)4/h7-8H,5-6H2,1-4H3,(H,13,14). The van der Waals surface area contributed by atoms with E-state index in [1.165, 1.54) is 0 Å². The summed E-state index contributed by atoms with van der Waals surface area (Å²) in [5.74, 6) is 0.900. The Hall–Kier alpha value is -1.12. The molecule has 0 atom stereocenters. The summed E-state index contributed by atoms with van der Waals surface area (Å²) in [7, 11) is 0. The molecule has 1 aromatic rings. The van der Waals surface area contributed by atoms with Gasteiger partial charge in [-0.05, 0) is 18.8 Å². The maximum atomic E-state index is 4.22. The fraction of sp³-hybridized carbons (Fsp3) is 0.636. The van der Waals surface area contributed by atoms with E-state index in [2.05, 4.69) is 36.1 Å². The monoisotopic (exact) mass is 193 g/mol. The summed E-state index contributed by atoms with van der Waals surface area (Å²) >= 11 is 0. The third kappa shape index (κ3) is 3.73. The van der Waals surface area contributed by atoms with Crippen molar-refractivity contribution < 1.29 is 0 Å². The Morgan fingerprint density at radius 1 is 1.21 bits per heavy atom. The van der Waals surface area contributed by atoms with E-state index in [0.29, 0.717) is 5.41 Å². The second kappa shape index (κ2) is 4.40. The molecule has 0 spiro atoms. The van der Waals surface area contributed by atoms with Gasteiger partial charge in [0.1, 0.15) is 5.82 Å². The first-order valence-corrected chi connectivity index (χ1v) is 5.00. The minimum Gasteiger partial charge on any atom is -0.369 e. The van der Waals surface area contributed by atoms with Gasteiger partial charge in [-0.3, -0.25) is 4.98 Å². The van der Waals surface area contributed by atoms with Gasteiger partial charge in [0, 0.05) is 18.9 Å². The highest BCUT2D eigenvalue weighted by Gasteiger charge is 2.09. The van der Waals surface area contributed by atoms with Crippen LogP contribution in [-0.2, 0) is 0 Å². The van der Waals surface area contributed by atoms with Crippen molar-refractivity contribution in [2.24, 2.45) is 5.41 Å². The number of hydrogen-bond donors (Lipinski definition) is 1. The predicted octanol–water partition coefficient (Wildman–Crippen LogP) is 2.63. The Balaban J connectivity index is 2.43. The van der Waals surface area contributed by atoms with Crippen LogP contribution in [0, 0.1) is 12.3 Å². The lowest BCUT2D eigenvalue weighted by Gasteiger charge is -2.18. The number of anilines is 1. The first-order valence-electron chi connectivity index (χ1n) is 5.00. The Morgan fingerprint density at radius 2 is 1.86 bits per heavy atom. The van der Waals surface area contributed by atoms with Crippen LogP contribution in [0.5, 0.6) is 0 Å². The molecule has 1 rings (SSSR count). The molecule has 0 aliphatic carbocycles. The van der Waals surface area contributed by atoms with Crippen molar-refractivity contribution in [3.63, 3.8) is 0 Å². The highest BCUT2D eigenvalue weighted by atomic mass is 15.0. The lowest BCUT2D eigenvalue weighted by Crippen LogP contribution is -2.14. The van der Waals surface area contributed by atoms with Gasteiger partial charge in [0.15, 0.2) is 0 Å². The second-order valence-electron chi connectivity index (χ2n) is 4.73. The summed E-state index contributed by atoms with van der Waals surface area (Å²) < 4.78 is 0. The van der Waals surface area contributed by atoms with Gasteiger partial charge in [0.25, 0.3) is 0 Å². The van der Waals surface area contributed by atoms with Gasteiger partial charge in [-0.15, -0.1) is 0 Å². The molecule has 0 aliphatic rings. The summed E-state index contributed by atoms with van der Waals surface area (Å²) in [6.45, 7) is 9.62. The molecule has 0 saturated carbocycles. The molecule has 78 valence electrons. The van der Waals surface area contributed by atoms with Gasteiger partial charge in [0.05, 0.1) is 5.69 Å². The summed E-state index contributed by atoms with van der Waals surface area (Å²) in [4.78, 5) is 8.39. The smallest absolute Gasteiger partial charge is 0.147 e. The van der Waals surface area contributed by atoms with Crippen LogP contribution in [0.4, 0.5) is 5.82 Å². The van der Waals surface area contributed by atoms with E-state index >= 15 is 0 Å². The van der Waals surface area contributed by atoms with Gasteiger partial charge >= 0.3 is 0 Å². The molecule has 0 radical (unpaired) electrons. The lowest BCUT2D eigenvalue weighted by atomic mass is 9.92. The zero-order chi connectivity index (χ0) is 10.6. The quantitative estimate of drug-likeness (QED) is 0.802. The van der Waals surface area contributed by atoms with E-state index in [1.54, 1.807) is 12.4 Å². The molecule has 3 nitrogen and oxygen atoms in total. The Morgan fingerprint density at radius 3 is 2.43 bits per heavy atom. The minimum absolute atomic E-state index is 0.364. The first kappa shape index (κ1) is 11.0. The minimum atomic E-state index is 0.364. The number of aromatic nitrogens is 2. The predicted molar refractivity (Wildman–Crippen MR) is 59.3 cm³/mol. The van der Waals surface area contributed by atoms with Crippen molar-refractivity contribution in [1.82, 2.24) is 9.97 Å². The highest BCUT2D eigenvalue weighted by molar-refractivity contribution is 5.37. The third-order valence-corrected chi connectivity index (χ3v) is 2.05. The van der Waals surface area contributed by atoms with Gasteiger partial charge in [-0.2, -0.15) is 0 Å². The fourth-order valence-corrected chi connectivity index (χ4v) is 1.14. The molecule has 3 heteroatoms. The highest BCUT2D eigenvalue weighted by Crippen LogP contribution is 2.18. The van der Waals surface area contributed by atoms with E-state index in [9.17, 15) is 0 Å². The second-order valence-corrected chi connectivity index (χ2v) is 4.73. The van der Waals surface area contributed by atoms with Gasteiger partial charge in [-0.25, -0.2) is 4.98 Å². The lowest BCUT2D eigenvalue weighted by molar-refractivity contribution is 0.389. The molecular formula is C11H19N3.